The number of rotatable bonds is 5. The number of benzene rings is 1. The maximum absolute atomic E-state index is 12.8. The van der Waals surface area contributed by atoms with Gasteiger partial charge in [-0.1, -0.05) is 6.07 Å². The highest BCUT2D eigenvalue weighted by molar-refractivity contribution is 7.89. The second-order valence-corrected chi connectivity index (χ2v) is 7.75. The molecular weight excluding hydrogens is 387 g/mol. The van der Waals surface area contributed by atoms with Crippen LogP contribution < -0.4 is 9.47 Å². The van der Waals surface area contributed by atoms with Crippen molar-refractivity contribution < 1.29 is 31.1 Å². The minimum atomic E-state index is -4.62. The van der Waals surface area contributed by atoms with E-state index in [-0.39, 0.29) is 24.8 Å². The molecule has 2 heterocycles. The predicted octanol–water partition coefficient (Wildman–Crippen LogP) is 2.35. The average molecular weight is 403 g/mol. The molecule has 0 spiro atoms. The first-order valence-corrected chi connectivity index (χ1v) is 9.34. The third-order valence-corrected chi connectivity index (χ3v) is 5.85. The molecule has 1 saturated heterocycles. The standard InChI is InChI=1S/C16H16F3N3O4S/c1-25-14-8-20-9-15(21-14)26-12-5-6-22(10-12)27(23,24)13-4-2-3-11(7-13)16(17,18)19/h2-4,7-9,12H,5-6,10H2,1H3. The number of hydrogen-bond acceptors (Lipinski definition) is 6. The first-order valence-electron chi connectivity index (χ1n) is 7.90. The van der Waals surface area contributed by atoms with E-state index in [1.807, 2.05) is 0 Å². The Bertz CT molecular complexity index is 921. The number of hydrogen-bond donors (Lipinski definition) is 0. The average Bonchev–Trinajstić information content (AvgIpc) is 3.10. The van der Waals surface area contributed by atoms with Crippen molar-refractivity contribution in [3.63, 3.8) is 0 Å². The zero-order chi connectivity index (χ0) is 19.7. The third-order valence-electron chi connectivity index (χ3n) is 3.99. The van der Waals surface area contributed by atoms with Crippen LogP contribution >= 0.6 is 0 Å². The summed E-state index contributed by atoms with van der Waals surface area (Å²) in [7, 11) is -2.64. The van der Waals surface area contributed by atoms with Crippen molar-refractivity contribution in [3.05, 3.63) is 42.2 Å². The Morgan fingerprint density at radius 1 is 1.22 bits per heavy atom. The zero-order valence-corrected chi connectivity index (χ0v) is 15.0. The van der Waals surface area contributed by atoms with E-state index < -0.39 is 32.8 Å². The Labute approximate surface area is 153 Å². The molecule has 1 aliphatic heterocycles. The molecule has 3 rings (SSSR count). The van der Waals surface area contributed by atoms with E-state index in [9.17, 15) is 21.6 Å². The summed E-state index contributed by atoms with van der Waals surface area (Å²) in [6.45, 7) is 0.123. The molecule has 2 aromatic rings. The molecule has 0 amide bonds. The molecule has 1 aromatic heterocycles. The van der Waals surface area contributed by atoms with E-state index in [4.69, 9.17) is 9.47 Å². The van der Waals surface area contributed by atoms with Gasteiger partial charge in [-0.15, -0.1) is 0 Å². The summed E-state index contributed by atoms with van der Waals surface area (Å²) < 4.78 is 75.5. The van der Waals surface area contributed by atoms with Gasteiger partial charge in [-0.05, 0) is 24.6 Å². The SMILES string of the molecule is COc1cncc(OC2CCN(S(=O)(=O)c3cccc(C(F)(F)F)c3)C2)n1. The fraction of sp³-hybridized carbons (Fsp3) is 0.375. The van der Waals surface area contributed by atoms with Gasteiger partial charge in [0, 0.05) is 6.54 Å². The number of nitrogens with zero attached hydrogens (tertiary/aromatic N) is 3. The molecule has 1 unspecified atom stereocenters. The number of methoxy groups -OCH3 is 1. The Morgan fingerprint density at radius 2 is 1.96 bits per heavy atom. The van der Waals surface area contributed by atoms with Crippen LogP contribution in [0.25, 0.3) is 0 Å². The van der Waals surface area contributed by atoms with Crippen molar-refractivity contribution in [2.24, 2.45) is 0 Å². The van der Waals surface area contributed by atoms with Crippen LogP contribution in [-0.4, -0.2) is 49.0 Å². The van der Waals surface area contributed by atoms with E-state index in [2.05, 4.69) is 9.97 Å². The lowest BCUT2D eigenvalue weighted by molar-refractivity contribution is -0.137. The van der Waals surface area contributed by atoms with Crippen LogP contribution in [-0.2, 0) is 16.2 Å². The summed E-state index contributed by atoms with van der Waals surface area (Å²) >= 11 is 0. The molecule has 0 N–H and O–H groups in total. The smallest absolute Gasteiger partial charge is 0.416 e. The summed E-state index contributed by atoms with van der Waals surface area (Å²) in [6, 6.07) is 3.69. The molecular formula is C16H16F3N3O4S. The van der Waals surface area contributed by atoms with Crippen molar-refractivity contribution in [2.45, 2.75) is 23.6 Å². The summed E-state index contributed by atoms with van der Waals surface area (Å²) in [5, 5.41) is 0. The van der Waals surface area contributed by atoms with Crippen LogP contribution in [0.5, 0.6) is 11.8 Å². The van der Waals surface area contributed by atoms with Crippen LogP contribution in [0.3, 0.4) is 0 Å². The van der Waals surface area contributed by atoms with Gasteiger partial charge < -0.3 is 9.47 Å². The maximum Gasteiger partial charge on any atom is 0.416 e. The number of ether oxygens (including phenoxy) is 2. The summed E-state index contributed by atoms with van der Waals surface area (Å²) in [4.78, 5) is 7.53. The second kappa shape index (κ2) is 7.31. The van der Waals surface area contributed by atoms with E-state index in [0.29, 0.717) is 12.5 Å². The van der Waals surface area contributed by atoms with Gasteiger partial charge in [0.05, 0.1) is 36.5 Å². The van der Waals surface area contributed by atoms with E-state index >= 15 is 0 Å². The van der Waals surface area contributed by atoms with Gasteiger partial charge in [-0.2, -0.15) is 22.5 Å². The van der Waals surface area contributed by atoms with Gasteiger partial charge in [-0.25, -0.2) is 8.42 Å². The first-order chi connectivity index (χ1) is 12.7. The Hall–Kier alpha value is -2.40. The van der Waals surface area contributed by atoms with Gasteiger partial charge in [0.2, 0.25) is 21.8 Å². The van der Waals surface area contributed by atoms with Crippen LogP contribution in [0, 0.1) is 0 Å². The fourth-order valence-corrected chi connectivity index (χ4v) is 4.18. The van der Waals surface area contributed by atoms with Gasteiger partial charge >= 0.3 is 6.18 Å². The molecule has 1 atom stereocenters. The van der Waals surface area contributed by atoms with Crippen molar-refractivity contribution in [1.29, 1.82) is 0 Å². The Balaban J connectivity index is 1.74. The number of aromatic nitrogens is 2. The largest absolute Gasteiger partial charge is 0.480 e. The monoisotopic (exact) mass is 403 g/mol. The molecule has 11 heteroatoms. The minimum Gasteiger partial charge on any atom is -0.480 e. The number of halogens is 3. The highest BCUT2D eigenvalue weighted by Crippen LogP contribution is 2.32. The Kier molecular flexibility index (Phi) is 5.24. The lowest BCUT2D eigenvalue weighted by Crippen LogP contribution is -2.31. The summed E-state index contributed by atoms with van der Waals surface area (Å²) in [5.74, 6) is 0.427. The lowest BCUT2D eigenvalue weighted by atomic mass is 10.2. The van der Waals surface area contributed by atoms with Gasteiger partial charge in [-0.3, -0.25) is 4.98 Å². The van der Waals surface area contributed by atoms with Crippen molar-refractivity contribution in [3.8, 4) is 11.8 Å². The predicted molar refractivity (Wildman–Crippen MR) is 87.8 cm³/mol. The van der Waals surface area contributed by atoms with Crippen LogP contribution in [0.2, 0.25) is 0 Å². The Morgan fingerprint density at radius 3 is 2.67 bits per heavy atom. The molecule has 1 aromatic carbocycles. The fourth-order valence-electron chi connectivity index (χ4n) is 2.65. The quantitative estimate of drug-likeness (QED) is 0.762. The zero-order valence-electron chi connectivity index (χ0n) is 14.2. The van der Waals surface area contributed by atoms with Crippen molar-refractivity contribution in [2.75, 3.05) is 20.2 Å². The van der Waals surface area contributed by atoms with Gasteiger partial charge in [0.25, 0.3) is 0 Å². The van der Waals surface area contributed by atoms with Crippen molar-refractivity contribution >= 4 is 10.0 Å². The lowest BCUT2D eigenvalue weighted by Gasteiger charge is -2.18. The molecule has 1 aliphatic rings. The normalized spacial score (nSPS) is 18.4. The highest BCUT2D eigenvalue weighted by atomic mass is 32.2. The van der Waals surface area contributed by atoms with E-state index in [1.54, 1.807) is 0 Å². The molecule has 27 heavy (non-hydrogen) atoms. The molecule has 146 valence electrons. The minimum absolute atomic E-state index is 0.00251. The van der Waals surface area contributed by atoms with Gasteiger partial charge in [0.15, 0.2) is 0 Å². The second-order valence-electron chi connectivity index (χ2n) is 5.82. The number of alkyl halides is 3. The molecule has 7 nitrogen and oxygen atoms in total. The molecule has 1 fully saturated rings. The van der Waals surface area contributed by atoms with E-state index in [0.717, 1.165) is 22.5 Å². The summed E-state index contributed by atoms with van der Waals surface area (Å²) in [5.41, 5.74) is -1.01. The molecule has 0 radical (unpaired) electrons. The highest BCUT2D eigenvalue weighted by Gasteiger charge is 2.36. The molecule has 0 bridgehead atoms. The van der Waals surface area contributed by atoms with Crippen LogP contribution in [0.4, 0.5) is 13.2 Å². The van der Waals surface area contributed by atoms with Crippen LogP contribution in [0.1, 0.15) is 12.0 Å². The molecule has 0 aliphatic carbocycles. The van der Waals surface area contributed by atoms with Crippen molar-refractivity contribution in [1.82, 2.24) is 14.3 Å². The maximum atomic E-state index is 12.8. The van der Waals surface area contributed by atoms with Crippen LogP contribution in [0.15, 0.2) is 41.6 Å². The first kappa shape index (κ1) is 19.4. The third kappa shape index (κ3) is 4.30. The summed E-state index contributed by atoms with van der Waals surface area (Å²) in [6.07, 6.45) is -1.98. The topological polar surface area (TPSA) is 81.6 Å². The van der Waals surface area contributed by atoms with Gasteiger partial charge in [0.1, 0.15) is 6.10 Å². The number of sulfonamides is 1. The van der Waals surface area contributed by atoms with E-state index in [1.165, 1.54) is 19.5 Å². The molecule has 0 saturated carbocycles.